The Bertz CT molecular complexity index is 1310. The second-order valence-corrected chi connectivity index (χ2v) is 9.05. The van der Waals surface area contributed by atoms with E-state index in [-0.39, 0.29) is 16.9 Å². The molecule has 0 aliphatic rings. The highest BCUT2D eigenvalue weighted by Gasteiger charge is 2.14. The van der Waals surface area contributed by atoms with Gasteiger partial charge >= 0.3 is 0 Å². The van der Waals surface area contributed by atoms with Gasteiger partial charge in [0.15, 0.2) is 0 Å². The molecule has 0 aliphatic heterocycles. The standard InChI is InChI=1S/C25H28N4O2/c1-16(12-17-6-8-18(9-7-17)25(2,3)4)14-27-29-15-26-22-20-13-19(31-5)10-11-21(20)28-23(22)24(29)30/h6-11,13-16,28H,12H2,1-5H3/b27-14+. The van der Waals surface area contributed by atoms with Crippen LogP contribution in [0.1, 0.15) is 38.8 Å². The van der Waals surface area contributed by atoms with Gasteiger partial charge in [-0.15, -0.1) is 0 Å². The Hall–Kier alpha value is -3.41. The average Bonchev–Trinajstić information content (AvgIpc) is 3.11. The zero-order valence-electron chi connectivity index (χ0n) is 18.6. The van der Waals surface area contributed by atoms with Crippen molar-refractivity contribution in [2.24, 2.45) is 11.0 Å². The number of fused-ring (bicyclic) bond motifs is 3. The Morgan fingerprint density at radius 2 is 1.94 bits per heavy atom. The molecule has 6 nitrogen and oxygen atoms in total. The summed E-state index contributed by atoms with van der Waals surface area (Å²) in [4.78, 5) is 20.5. The topological polar surface area (TPSA) is 72.3 Å². The number of hydrogen-bond donors (Lipinski definition) is 1. The summed E-state index contributed by atoms with van der Waals surface area (Å²) in [5, 5.41) is 5.24. The molecule has 31 heavy (non-hydrogen) atoms. The number of nitrogens with one attached hydrogen (secondary N) is 1. The van der Waals surface area contributed by atoms with Crippen LogP contribution < -0.4 is 10.3 Å². The second kappa shape index (κ2) is 8.02. The van der Waals surface area contributed by atoms with Crippen molar-refractivity contribution in [2.45, 2.75) is 39.5 Å². The van der Waals surface area contributed by atoms with Gasteiger partial charge in [0.25, 0.3) is 5.56 Å². The molecule has 2 aromatic carbocycles. The van der Waals surface area contributed by atoms with Crippen LogP contribution in [0.2, 0.25) is 0 Å². The molecule has 6 heteroatoms. The Kier molecular flexibility index (Phi) is 5.39. The largest absolute Gasteiger partial charge is 0.497 e. The minimum absolute atomic E-state index is 0.145. The van der Waals surface area contributed by atoms with Crippen LogP contribution in [-0.2, 0) is 11.8 Å². The number of methoxy groups -OCH3 is 1. The summed E-state index contributed by atoms with van der Waals surface area (Å²) < 4.78 is 6.57. The summed E-state index contributed by atoms with van der Waals surface area (Å²) in [6.07, 6.45) is 4.13. The van der Waals surface area contributed by atoms with E-state index in [1.165, 1.54) is 22.1 Å². The SMILES string of the molecule is COc1ccc2[nH]c3c(=O)n(/N=C/C(C)Cc4ccc(C(C)(C)C)cc4)cnc3c2c1. The first-order valence-corrected chi connectivity index (χ1v) is 10.5. The summed E-state index contributed by atoms with van der Waals surface area (Å²) in [6, 6.07) is 14.3. The number of ether oxygens (including phenoxy) is 1. The smallest absolute Gasteiger partial charge is 0.298 e. The van der Waals surface area contributed by atoms with Gasteiger partial charge in [-0.25, -0.2) is 4.98 Å². The number of aromatic nitrogens is 3. The normalized spacial score (nSPS) is 13.3. The molecule has 1 N–H and O–H groups in total. The molecule has 0 aliphatic carbocycles. The summed E-state index contributed by atoms with van der Waals surface area (Å²) in [5.74, 6) is 0.900. The number of aromatic amines is 1. The van der Waals surface area contributed by atoms with Gasteiger partial charge in [-0.3, -0.25) is 4.79 Å². The summed E-state index contributed by atoms with van der Waals surface area (Å²) >= 11 is 0. The maximum Gasteiger partial charge on any atom is 0.298 e. The van der Waals surface area contributed by atoms with Crippen molar-refractivity contribution in [3.8, 4) is 5.75 Å². The summed E-state index contributed by atoms with van der Waals surface area (Å²) in [7, 11) is 1.62. The monoisotopic (exact) mass is 416 g/mol. The maximum absolute atomic E-state index is 12.9. The Morgan fingerprint density at radius 3 is 2.61 bits per heavy atom. The van der Waals surface area contributed by atoms with E-state index >= 15 is 0 Å². The number of nitrogens with zero attached hydrogens (tertiary/aromatic N) is 3. The van der Waals surface area contributed by atoms with E-state index in [4.69, 9.17) is 4.74 Å². The van der Waals surface area contributed by atoms with Crippen molar-refractivity contribution in [1.82, 2.24) is 14.6 Å². The predicted octanol–water partition coefficient (Wildman–Crippen LogP) is 4.90. The Morgan fingerprint density at radius 1 is 1.19 bits per heavy atom. The number of hydrogen-bond acceptors (Lipinski definition) is 4. The Labute approximate surface area is 181 Å². The summed E-state index contributed by atoms with van der Waals surface area (Å²) in [5.41, 5.74) is 4.39. The Balaban J connectivity index is 1.55. The molecule has 0 saturated heterocycles. The van der Waals surface area contributed by atoms with E-state index in [1.54, 1.807) is 13.3 Å². The van der Waals surface area contributed by atoms with Gasteiger partial charge in [0.05, 0.1) is 7.11 Å². The number of H-pyrrole nitrogens is 1. The molecule has 2 aromatic heterocycles. The molecular weight excluding hydrogens is 388 g/mol. The lowest BCUT2D eigenvalue weighted by molar-refractivity contribution is 0.415. The van der Waals surface area contributed by atoms with E-state index in [0.717, 1.165) is 23.1 Å². The zero-order chi connectivity index (χ0) is 22.2. The van der Waals surface area contributed by atoms with Crippen molar-refractivity contribution in [3.05, 3.63) is 70.3 Å². The maximum atomic E-state index is 12.9. The van der Waals surface area contributed by atoms with Crippen LogP contribution in [0.25, 0.3) is 21.9 Å². The molecule has 0 saturated carbocycles. The molecule has 4 aromatic rings. The zero-order valence-corrected chi connectivity index (χ0v) is 18.6. The van der Waals surface area contributed by atoms with Crippen LogP contribution in [0.3, 0.4) is 0 Å². The summed E-state index contributed by atoms with van der Waals surface area (Å²) in [6.45, 7) is 8.73. The van der Waals surface area contributed by atoms with Gasteiger partial charge in [0.1, 0.15) is 23.1 Å². The minimum Gasteiger partial charge on any atom is -0.497 e. The third-order valence-electron chi connectivity index (χ3n) is 5.52. The van der Waals surface area contributed by atoms with Gasteiger partial charge in [-0.05, 0) is 47.1 Å². The average molecular weight is 417 g/mol. The first-order chi connectivity index (χ1) is 14.8. The highest BCUT2D eigenvalue weighted by Crippen LogP contribution is 2.26. The molecule has 0 fully saturated rings. The highest BCUT2D eigenvalue weighted by molar-refractivity contribution is 6.04. The van der Waals surface area contributed by atoms with Crippen LogP contribution in [-0.4, -0.2) is 28.0 Å². The fourth-order valence-corrected chi connectivity index (χ4v) is 3.69. The van der Waals surface area contributed by atoms with Gasteiger partial charge in [-0.1, -0.05) is 52.0 Å². The lowest BCUT2D eigenvalue weighted by atomic mass is 9.86. The number of benzene rings is 2. The highest BCUT2D eigenvalue weighted by atomic mass is 16.5. The first-order valence-electron chi connectivity index (χ1n) is 10.5. The molecule has 0 bridgehead atoms. The van der Waals surface area contributed by atoms with E-state index in [2.05, 4.69) is 67.0 Å². The fourth-order valence-electron chi connectivity index (χ4n) is 3.69. The second-order valence-electron chi connectivity index (χ2n) is 9.05. The lowest BCUT2D eigenvalue weighted by Gasteiger charge is -2.19. The van der Waals surface area contributed by atoms with E-state index in [0.29, 0.717) is 11.0 Å². The van der Waals surface area contributed by atoms with Crippen molar-refractivity contribution < 1.29 is 4.74 Å². The van der Waals surface area contributed by atoms with Crippen molar-refractivity contribution >= 4 is 28.2 Å². The molecular formula is C25H28N4O2. The molecule has 4 rings (SSSR count). The lowest BCUT2D eigenvalue weighted by Crippen LogP contribution is -2.18. The van der Waals surface area contributed by atoms with Crippen LogP contribution in [0, 0.1) is 5.92 Å². The van der Waals surface area contributed by atoms with Crippen molar-refractivity contribution in [3.63, 3.8) is 0 Å². The molecule has 0 radical (unpaired) electrons. The minimum atomic E-state index is -0.224. The van der Waals surface area contributed by atoms with Gasteiger partial charge in [0.2, 0.25) is 0 Å². The molecule has 1 unspecified atom stereocenters. The van der Waals surface area contributed by atoms with Crippen LogP contribution in [0.15, 0.2) is 58.7 Å². The molecule has 0 spiro atoms. The van der Waals surface area contributed by atoms with Crippen LogP contribution in [0.5, 0.6) is 5.75 Å². The van der Waals surface area contributed by atoms with Crippen LogP contribution in [0.4, 0.5) is 0 Å². The van der Waals surface area contributed by atoms with Crippen molar-refractivity contribution in [1.29, 1.82) is 0 Å². The third-order valence-corrected chi connectivity index (χ3v) is 5.52. The fraction of sp³-hybridized carbons (Fsp3) is 0.320. The van der Waals surface area contributed by atoms with Gasteiger partial charge < -0.3 is 9.72 Å². The third kappa shape index (κ3) is 4.24. The molecule has 0 amide bonds. The van der Waals surface area contributed by atoms with E-state index < -0.39 is 0 Å². The number of rotatable bonds is 5. The molecule has 1 atom stereocenters. The molecule has 160 valence electrons. The van der Waals surface area contributed by atoms with E-state index in [9.17, 15) is 4.79 Å². The van der Waals surface area contributed by atoms with Gasteiger partial charge in [0, 0.05) is 17.1 Å². The van der Waals surface area contributed by atoms with Crippen molar-refractivity contribution in [2.75, 3.05) is 7.11 Å². The predicted molar refractivity (Wildman–Crippen MR) is 126 cm³/mol. The first kappa shape index (κ1) is 20.8. The van der Waals surface area contributed by atoms with Gasteiger partial charge in [-0.2, -0.15) is 9.78 Å². The quantitative estimate of drug-likeness (QED) is 0.471. The molecule has 2 heterocycles. The van der Waals surface area contributed by atoms with Crippen LogP contribution >= 0.6 is 0 Å². The van der Waals surface area contributed by atoms with E-state index in [1.807, 2.05) is 18.2 Å².